The maximum absolute atomic E-state index is 11.8. The summed E-state index contributed by atoms with van der Waals surface area (Å²) in [7, 11) is 0. The lowest BCUT2D eigenvalue weighted by Crippen LogP contribution is -2.21. The van der Waals surface area contributed by atoms with Crippen LogP contribution in [-0.2, 0) is 0 Å². The predicted octanol–water partition coefficient (Wildman–Crippen LogP) is 3.05. The van der Waals surface area contributed by atoms with Crippen molar-refractivity contribution < 1.29 is 5.11 Å². The van der Waals surface area contributed by atoms with Gasteiger partial charge in [-0.15, -0.1) is 0 Å². The van der Waals surface area contributed by atoms with Gasteiger partial charge in [-0.3, -0.25) is 4.79 Å². The van der Waals surface area contributed by atoms with Crippen LogP contribution in [-0.4, -0.2) is 9.67 Å². The average Bonchev–Trinajstić information content (AvgIpc) is 2.15. The quantitative estimate of drug-likeness (QED) is 0.873. The molecule has 0 aliphatic carbocycles. The average molecular weight is 282 g/mol. The molecule has 0 atom stereocenters. The molecule has 0 saturated heterocycles. The number of aromatic nitrogens is 1. The Balaban J connectivity index is 2.98. The van der Waals surface area contributed by atoms with E-state index in [1.54, 1.807) is 10.6 Å². The number of hydrogen-bond acceptors (Lipinski definition) is 2. The SMILES string of the molecule is CC(C)n1c(=O)cc(O)c2ccc(Br)cc21. The Bertz CT molecular complexity index is 602. The summed E-state index contributed by atoms with van der Waals surface area (Å²) >= 11 is 3.37. The largest absolute Gasteiger partial charge is 0.507 e. The molecular weight excluding hydrogens is 270 g/mol. The van der Waals surface area contributed by atoms with E-state index in [1.165, 1.54) is 6.07 Å². The lowest BCUT2D eigenvalue weighted by molar-refractivity contribution is 0.477. The van der Waals surface area contributed by atoms with Gasteiger partial charge in [0, 0.05) is 22.0 Å². The molecule has 84 valence electrons. The summed E-state index contributed by atoms with van der Waals surface area (Å²) in [5.41, 5.74) is 0.562. The molecule has 0 aliphatic heterocycles. The highest BCUT2D eigenvalue weighted by Gasteiger charge is 2.10. The highest BCUT2D eigenvalue weighted by molar-refractivity contribution is 9.10. The number of rotatable bonds is 1. The van der Waals surface area contributed by atoms with Crippen LogP contribution in [0.5, 0.6) is 5.75 Å². The second kappa shape index (κ2) is 3.94. The van der Waals surface area contributed by atoms with Crippen molar-refractivity contribution >= 4 is 26.8 Å². The summed E-state index contributed by atoms with van der Waals surface area (Å²) in [6, 6.07) is 6.81. The molecule has 0 radical (unpaired) electrons. The number of aromatic hydroxyl groups is 1. The Hall–Kier alpha value is -1.29. The number of halogens is 1. The molecule has 0 spiro atoms. The first-order valence-electron chi connectivity index (χ1n) is 5.04. The van der Waals surface area contributed by atoms with Crippen LogP contribution >= 0.6 is 15.9 Å². The van der Waals surface area contributed by atoms with E-state index in [2.05, 4.69) is 15.9 Å². The van der Waals surface area contributed by atoms with Crippen molar-refractivity contribution in [1.82, 2.24) is 4.57 Å². The Morgan fingerprint density at radius 2 is 2.00 bits per heavy atom. The van der Waals surface area contributed by atoms with Crippen molar-refractivity contribution in [2.45, 2.75) is 19.9 Å². The molecule has 2 aromatic rings. The van der Waals surface area contributed by atoms with Gasteiger partial charge in [-0.2, -0.15) is 0 Å². The van der Waals surface area contributed by atoms with Crippen molar-refractivity contribution in [3.05, 3.63) is 39.1 Å². The van der Waals surface area contributed by atoms with E-state index in [0.29, 0.717) is 5.39 Å². The monoisotopic (exact) mass is 281 g/mol. The summed E-state index contributed by atoms with van der Waals surface area (Å²) in [5, 5.41) is 10.4. The Morgan fingerprint density at radius 1 is 1.31 bits per heavy atom. The van der Waals surface area contributed by atoms with E-state index in [4.69, 9.17) is 0 Å². The molecule has 0 bridgehead atoms. The smallest absolute Gasteiger partial charge is 0.254 e. The molecular formula is C12H12BrNO2. The minimum Gasteiger partial charge on any atom is -0.507 e. The molecule has 0 amide bonds. The first kappa shape index (κ1) is 11.2. The van der Waals surface area contributed by atoms with Gasteiger partial charge in [0.1, 0.15) is 5.75 Å². The number of fused-ring (bicyclic) bond motifs is 1. The fourth-order valence-electron chi connectivity index (χ4n) is 1.84. The first-order valence-corrected chi connectivity index (χ1v) is 5.84. The molecule has 1 aromatic carbocycles. The van der Waals surface area contributed by atoms with Gasteiger partial charge in [0.05, 0.1) is 5.52 Å². The second-order valence-electron chi connectivity index (χ2n) is 3.99. The first-order chi connectivity index (χ1) is 7.50. The Morgan fingerprint density at radius 3 is 2.62 bits per heavy atom. The van der Waals surface area contributed by atoms with Crippen LogP contribution in [0.25, 0.3) is 10.9 Å². The summed E-state index contributed by atoms with van der Waals surface area (Å²) < 4.78 is 2.55. The zero-order valence-corrected chi connectivity index (χ0v) is 10.7. The lowest BCUT2D eigenvalue weighted by Gasteiger charge is -2.14. The Kier molecular flexibility index (Phi) is 2.76. The number of nitrogens with zero attached hydrogens (tertiary/aromatic N) is 1. The van der Waals surface area contributed by atoms with E-state index < -0.39 is 0 Å². The minimum absolute atomic E-state index is 0.0319. The van der Waals surface area contributed by atoms with E-state index in [1.807, 2.05) is 26.0 Å². The molecule has 1 aromatic heterocycles. The maximum atomic E-state index is 11.8. The third-order valence-corrected chi connectivity index (χ3v) is 3.00. The summed E-state index contributed by atoms with van der Waals surface area (Å²) in [6.45, 7) is 3.89. The molecule has 4 heteroatoms. The highest BCUT2D eigenvalue weighted by atomic mass is 79.9. The standard InChI is InChI=1S/C12H12BrNO2/c1-7(2)14-10-5-8(13)3-4-9(10)11(15)6-12(14)16/h3-7,15H,1-2H3. The third-order valence-electron chi connectivity index (χ3n) is 2.51. The van der Waals surface area contributed by atoms with Gasteiger partial charge in [-0.05, 0) is 32.0 Å². The number of benzene rings is 1. The molecule has 0 aliphatic rings. The van der Waals surface area contributed by atoms with Crippen molar-refractivity contribution in [2.75, 3.05) is 0 Å². The molecule has 0 fully saturated rings. The van der Waals surface area contributed by atoms with Crippen LogP contribution < -0.4 is 5.56 Å². The lowest BCUT2D eigenvalue weighted by atomic mass is 10.2. The zero-order valence-electron chi connectivity index (χ0n) is 9.07. The normalized spacial score (nSPS) is 11.2. The molecule has 1 N–H and O–H groups in total. The van der Waals surface area contributed by atoms with Crippen molar-refractivity contribution in [2.24, 2.45) is 0 Å². The Labute approximate surface area is 101 Å². The second-order valence-corrected chi connectivity index (χ2v) is 4.91. The van der Waals surface area contributed by atoms with Gasteiger partial charge >= 0.3 is 0 Å². The molecule has 2 rings (SSSR count). The van der Waals surface area contributed by atoms with E-state index in [9.17, 15) is 9.90 Å². The van der Waals surface area contributed by atoms with Crippen LogP contribution in [0.15, 0.2) is 33.5 Å². The number of hydrogen-bond donors (Lipinski definition) is 1. The van der Waals surface area contributed by atoms with Gasteiger partial charge in [-0.25, -0.2) is 0 Å². The van der Waals surface area contributed by atoms with E-state index in [-0.39, 0.29) is 17.4 Å². The van der Waals surface area contributed by atoms with Crippen LogP contribution in [0, 0.1) is 0 Å². The molecule has 1 heterocycles. The minimum atomic E-state index is -0.182. The summed E-state index contributed by atoms with van der Waals surface area (Å²) in [6.07, 6.45) is 0. The van der Waals surface area contributed by atoms with Crippen molar-refractivity contribution in [3.8, 4) is 5.75 Å². The summed E-state index contributed by atoms with van der Waals surface area (Å²) in [4.78, 5) is 11.8. The fraction of sp³-hybridized carbons (Fsp3) is 0.250. The fourth-order valence-corrected chi connectivity index (χ4v) is 2.19. The topological polar surface area (TPSA) is 42.2 Å². The molecule has 3 nitrogen and oxygen atoms in total. The third kappa shape index (κ3) is 1.73. The summed E-state index contributed by atoms with van der Waals surface area (Å²) in [5.74, 6) is 0.0319. The van der Waals surface area contributed by atoms with Gasteiger partial charge in [0.25, 0.3) is 5.56 Å². The van der Waals surface area contributed by atoms with Crippen LogP contribution in [0.3, 0.4) is 0 Å². The predicted molar refractivity (Wildman–Crippen MR) is 68.0 cm³/mol. The molecule has 16 heavy (non-hydrogen) atoms. The van der Waals surface area contributed by atoms with Crippen molar-refractivity contribution in [1.29, 1.82) is 0 Å². The van der Waals surface area contributed by atoms with E-state index in [0.717, 1.165) is 9.99 Å². The van der Waals surface area contributed by atoms with Crippen LogP contribution in [0.2, 0.25) is 0 Å². The van der Waals surface area contributed by atoms with Gasteiger partial charge in [0.2, 0.25) is 0 Å². The van der Waals surface area contributed by atoms with Gasteiger partial charge in [-0.1, -0.05) is 15.9 Å². The van der Waals surface area contributed by atoms with Crippen LogP contribution in [0.1, 0.15) is 19.9 Å². The van der Waals surface area contributed by atoms with Crippen molar-refractivity contribution in [3.63, 3.8) is 0 Å². The molecule has 0 unspecified atom stereocenters. The van der Waals surface area contributed by atoms with E-state index >= 15 is 0 Å². The van der Waals surface area contributed by atoms with Gasteiger partial charge < -0.3 is 9.67 Å². The maximum Gasteiger partial charge on any atom is 0.254 e. The number of pyridine rings is 1. The van der Waals surface area contributed by atoms with Crippen LogP contribution in [0.4, 0.5) is 0 Å². The zero-order chi connectivity index (χ0) is 11.9. The molecule has 0 saturated carbocycles. The highest BCUT2D eigenvalue weighted by Crippen LogP contribution is 2.26. The van der Waals surface area contributed by atoms with Gasteiger partial charge in [0.15, 0.2) is 0 Å².